The lowest BCUT2D eigenvalue weighted by atomic mass is 10.1. The Morgan fingerprint density at radius 3 is 2.38 bits per heavy atom. The molecule has 1 aromatic carbocycles. The van der Waals surface area contributed by atoms with Gasteiger partial charge in [0.2, 0.25) is 0 Å². The van der Waals surface area contributed by atoms with Crippen LogP contribution in [0.4, 0.5) is 5.95 Å². The van der Waals surface area contributed by atoms with Gasteiger partial charge < -0.3 is 15.6 Å². The first-order valence-electron chi connectivity index (χ1n) is 13.5. The summed E-state index contributed by atoms with van der Waals surface area (Å²) >= 11 is 0. The van der Waals surface area contributed by atoms with Crippen LogP contribution >= 0.6 is 12.4 Å². The Balaban J connectivity index is 0.00000481. The molecule has 0 radical (unpaired) electrons. The number of nitrogens with two attached hydrogens (primary N) is 1. The maximum atomic E-state index is 12.4. The third-order valence-electron chi connectivity index (χ3n) is 6.28. The molecule has 3 N–H and O–H groups in total. The molecular formula is C28H44ClN7O. The average molecular weight is 530 g/mol. The molecule has 8 nitrogen and oxygen atoms in total. The zero-order chi connectivity index (χ0) is 25.8. The average Bonchev–Trinajstić information content (AvgIpc) is 3.45. The molecule has 2 aromatic heterocycles. The van der Waals surface area contributed by atoms with Crippen molar-refractivity contribution in [3.05, 3.63) is 59.2 Å². The summed E-state index contributed by atoms with van der Waals surface area (Å²) in [4.78, 5) is 16.9. The monoisotopic (exact) mass is 529 g/mol. The third-order valence-corrected chi connectivity index (χ3v) is 6.28. The van der Waals surface area contributed by atoms with Gasteiger partial charge in [-0.15, -0.1) is 17.5 Å². The normalized spacial score (nSPS) is 11.0. The number of carbonyl (C=O) groups is 1. The van der Waals surface area contributed by atoms with Crippen LogP contribution in [0.15, 0.2) is 36.7 Å². The molecule has 0 bridgehead atoms. The minimum Gasteiger partial charge on any atom is -0.369 e. The standard InChI is InChI=1S/C28H43N7O.ClH/c1-4-5-7-10-23-13-15-24(16-14-23)27(36)30-17-18-35-21-26(32-33-35)12-9-6-8-11-25-20-34(19-22(2)3)28(29)31-25;/h13-16,20-22H,4-12,17-19H2,1-3H3,(H2,29,31)(H,30,36);1H. The van der Waals surface area contributed by atoms with Gasteiger partial charge in [-0.25, -0.2) is 4.98 Å². The molecule has 9 heteroatoms. The SMILES string of the molecule is CCCCCc1ccc(C(=O)NCCn2cc(CCCCCc3cn(CC(C)C)c(N)n3)nn2)cc1.Cl. The second-order valence-electron chi connectivity index (χ2n) is 10.1. The van der Waals surface area contributed by atoms with E-state index in [1.807, 2.05) is 22.9 Å². The Morgan fingerprint density at radius 1 is 0.973 bits per heavy atom. The number of carbonyl (C=O) groups excluding carboxylic acids is 1. The van der Waals surface area contributed by atoms with Gasteiger partial charge in [0.25, 0.3) is 5.91 Å². The largest absolute Gasteiger partial charge is 0.369 e. The molecule has 0 aliphatic carbocycles. The van der Waals surface area contributed by atoms with Crippen LogP contribution in [0.5, 0.6) is 0 Å². The van der Waals surface area contributed by atoms with Crippen LogP contribution in [0.2, 0.25) is 0 Å². The molecule has 3 aromatic rings. The van der Waals surface area contributed by atoms with Crippen molar-refractivity contribution in [3.63, 3.8) is 0 Å². The molecule has 204 valence electrons. The molecule has 0 atom stereocenters. The number of hydrogen-bond donors (Lipinski definition) is 2. The molecular weight excluding hydrogens is 486 g/mol. The molecule has 0 saturated heterocycles. The zero-order valence-electron chi connectivity index (χ0n) is 22.7. The molecule has 0 spiro atoms. The highest BCUT2D eigenvalue weighted by molar-refractivity contribution is 5.94. The molecule has 1 amide bonds. The fourth-order valence-electron chi connectivity index (χ4n) is 4.29. The molecule has 0 aliphatic rings. The number of hydrogen-bond acceptors (Lipinski definition) is 5. The van der Waals surface area contributed by atoms with Gasteiger partial charge in [0, 0.05) is 31.0 Å². The smallest absolute Gasteiger partial charge is 0.251 e. The van der Waals surface area contributed by atoms with E-state index in [9.17, 15) is 4.79 Å². The maximum Gasteiger partial charge on any atom is 0.251 e. The minimum absolute atomic E-state index is 0. The predicted molar refractivity (Wildman–Crippen MR) is 152 cm³/mol. The Kier molecular flexibility index (Phi) is 13.2. The molecule has 0 saturated carbocycles. The summed E-state index contributed by atoms with van der Waals surface area (Å²) in [6.07, 6.45) is 13.9. The number of nitrogens with zero attached hydrogens (tertiary/aromatic N) is 5. The Hall–Kier alpha value is -2.87. The number of nitrogens with one attached hydrogen (secondary N) is 1. The fourth-order valence-corrected chi connectivity index (χ4v) is 4.29. The number of unbranched alkanes of at least 4 members (excludes halogenated alkanes) is 4. The van der Waals surface area contributed by atoms with Crippen LogP contribution < -0.4 is 11.1 Å². The van der Waals surface area contributed by atoms with E-state index in [2.05, 4.69) is 59.7 Å². The molecule has 37 heavy (non-hydrogen) atoms. The first kappa shape index (κ1) is 30.4. The van der Waals surface area contributed by atoms with Gasteiger partial charge in [-0.2, -0.15) is 0 Å². The molecule has 0 fully saturated rings. The number of halogens is 1. The van der Waals surface area contributed by atoms with Crippen molar-refractivity contribution in [2.45, 2.75) is 91.6 Å². The van der Waals surface area contributed by atoms with Crippen molar-refractivity contribution in [2.75, 3.05) is 12.3 Å². The van der Waals surface area contributed by atoms with Gasteiger partial charge in [0.15, 0.2) is 5.95 Å². The van der Waals surface area contributed by atoms with E-state index in [1.165, 1.54) is 24.8 Å². The quantitative estimate of drug-likeness (QED) is 0.246. The first-order chi connectivity index (χ1) is 17.4. The van der Waals surface area contributed by atoms with Crippen molar-refractivity contribution in [1.82, 2.24) is 29.9 Å². The van der Waals surface area contributed by atoms with Crippen molar-refractivity contribution in [3.8, 4) is 0 Å². The highest BCUT2D eigenvalue weighted by Crippen LogP contribution is 2.13. The maximum absolute atomic E-state index is 12.4. The number of aromatic nitrogens is 5. The minimum atomic E-state index is -0.0498. The van der Waals surface area contributed by atoms with Crippen molar-refractivity contribution in [1.29, 1.82) is 0 Å². The van der Waals surface area contributed by atoms with Crippen LogP contribution in [0.25, 0.3) is 0 Å². The van der Waals surface area contributed by atoms with Gasteiger partial charge in [-0.05, 0) is 62.1 Å². The fraction of sp³-hybridized carbons (Fsp3) is 0.571. The number of aryl methyl sites for hydroxylation is 3. The number of anilines is 1. The van der Waals surface area contributed by atoms with Crippen LogP contribution in [-0.2, 0) is 32.4 Å². The van der Waals surface area contributed by atoms with Gasteiger partial charge >= 0.3 is 0 Å². The van der Waals surface area contributed by atoms with E-state index in [4.69, 9.17) is 5.73 Å². The highest BCUT2D eigenvalue weighted by Gasteiger charge is 2.08. The topological polar surface area (TPSA) is 104 Å². The van der Waals surface area contributed by atoms with Crippen LogP contribution in [-0.4, -0.2) is 37.0 Å². The number of imidazole rings is 1. The summed E-state index contributed by atoms with van der Waals surface area (Å²) in [5.74, 6) is 1.12. The summed E-state index contributed by atoms with van der Waals surface area (Å²) in [6.45, 7) is 8.60. The van der Waals surface area contributed by atoms with Gasteiger partial charge in [0.05, 0.1) is 17.9 Å². The van der Waals surface area contributed by atoms with Crippen LogP contribution in [0.3, 0.4) is 0 Å². The molecule has 0 aliphatic heterocycles. The summed E-state index contributed by atoms with van der Waals surface area (Å²) in [5, 5.41) is 11.5. The predicted octanol–water partition coefficient (Wildman–Crippen LogP) is 5.25. The Labute approximate surface area is 227 Å². The summed E-state index contributed by atoms with van der Waals surface area (Å²) in [5.41, 5.74) is 10.1. The number of nitrogen functional groups attached to an aromatic ring is 1. The Bertz CT molecular complexity index is 1060. The van der Waals surface area contributed by atoms with E-state index < -0.39 is 0 Å². The second-order valence-corrected chi connectivity index (χ2v) is 10.1. The Morgan fingerprint density at radius 2 is 1.68 bits per heavy atom. The molecule has 0 unspecified atom stereocenters. The first-order valence-corrected chi connectivity index (χ1v) is 13.5. The van der Waals surface area contributed by atoms with E-state index in [0.717, 1.165) is 56.5 Å². The zero-order valence-corrected chi connectivity index (χ0v) is 23.5. The number of benzene rings is 1. The van der Waals surface area contributed by atoms with Crippen molar-refractivity contribution < 1.29 is 4.79 Å². The third kappa shape index (κ3) is 10.6. The van der Waals surface area contributed by atoms with Gasteiger partial charge in [0.1, 0.15) is 0 Å². The van der Waals surface area contributed by atoms with E-state index >= 15 is 0 Å². The number of rotatable bonds is 16. The van der Waals surface area contributed by atoms with Crippen LogP contribution in [0, 0.1) is 5.92 Å². The highest BCUT2D eigenvalue weighted by atomic mass is 35.5. The van der Waals surface area contributed by atoms with E-state index in [1.54, 1.807) is 4.68 Å². The van der Waals surface area contributed by atoms with Crippen molar-refractivity contribution >= 4 is 24.3 Å². The number of amides is 1. The summed E-state index contributed by atoms with van der Waals surface area (Å²) in [6, 6.07) is 7.94. The van der Waals surface area contributed by atoms with E-state index in [0.29, 0.717) is 30.5 Å². The van der Waals surface area contributed by atoms with Gasteiger partial charge in [-0.1, -0.05) is 57.4 Å². The summed E-state index contributed by atoms with van der Waals surface area (Å²) < 4.78 is 3.85. The van der Waals surface area contributed by atoms with Crippen molar-refractivity contribution in [2.24, 2.45) is 5.92 Å². The lowest BCUT2D eigenvalue weighted by Gasteiger charge is -2.06. The molecule has 2 heterocycles. The van der Waals surface area contributed by atoms with E-state index in [-0.39, 0.29) is 18.3 Å². The molecule has 3 rings (SSSR count). The van der Waals surface area contributed by atoms with Crippen LogP contribution in [0.1, 0.15) is 86.6 Å². The van der Waals surface area contributed by atoms with Gasteiger partial charge in [-0.3, -0.25) is 9.48 Å². The summed E-state index contributed by atoms with van der Waals surface area (Å²) in [7, 11) is 0. The second kappa shape index (κ2) is 16.1. The lowest BCUT2D eigenvalue weighted by Crippen LogP contribution is -2.27. The lowest BCUT2D eigenvalue weighted by molar-refractivity contribution is 0.0952.